The van der Waals surface area contributed by atoms with Crippen molar-refractivity contribution in [2.75, 3.05) is 20.1 Å². The van der Waals surface area contributed by atoms with Gasteiger partial charge in [-0.3, -0.25) is 9.36 Å². The zero-order chi connectivity index (χ0) is 20.7. The molecule has 0 atom stereocenters. The van der Waals surface area contributed by atoms with Crippen LogP contribution in [-0.2, 0) is 6.42 Å². The quantitative estimate of drug-likeness (QED) is 0.440. The molecule has 1 aliphatic heterocycles. The molecule has 4 nitrogen and oxygen atoms in total. The van der Waals surface area contributed by atoms with Crippen molar-refractivity contribution in [2.24, 2.45) is 0 Å². The predicted molar refractivity (Wildman–Crippen MR) is 127 cm³/mol. The van der Waals surface area contributed by atoms with Crippen molar-refractivity contribution in [1.29, 1.82) is 0 Å². The molecule has 1 saturated heterocycles. The molecule has 0 saturated carbocycles. The van der Waals surface area contributed by atoms with Crippen molar-refractivity contribution in [3.63, 3.8) is 0 Å². The number of likely N-dealkylation sites (tertiary alicyclic amines) is 1. The first-order chi connectivity index (χ1) is 14.7. The molecule has 1 aliphatic rings. The Morgan fingerprint density at radius 1 is 1.10 bits per heavy atom. The number of rotatable bonds is 4. The van der Waals surface area contributed by atoms with Gasteiger partial charge in [0.2, 0.25) is 0 Å². The zero-order valence-electron chi connectivity index (χ0n) is 17.6. The van der Waals surface area contributed by atoms with Gasteiger partial charge < -0.3 is 4.90 Å². The van der Waals surface area contributed by atoms with Crippen molar-refractivity contribution in [3.05, 3.63) is 64.0 Å². The van der Waals surface area contributed by atoms with Crippen LogP contribution in [0.1, 0.15) is 38.1 Å². The van der Waals surface area contributed by atoms with E-state index in [2.05, 4.69) is 66.7 Å². The fourth-order valence-corrected chi connectivity index (χ4v) is 5.60. The molecule has 0 aliphatic carbocycles. The summed E-state index contributed by atoms with van der Waals surface area (Å²) in [5.41, 5.74) is 2.25. The van der Waals surface area contributed by atoms with Crippen molar-refractivity contribution in [3.8, 4) is 11.1 Å². The van der Waals surface area contributed by atoms with Crippen LogP contribution in [-0.4, -0.2) is 34.6 Å². The van der Waals surface area contributed by atoms with E-state index in [0.29, 0.717) is 0 Å². The second-order valence-corrected chi connectivity index (χ2v) is 9.24. The largest absolute Gasteiger partial charge is 0.306 e. The minimum absolute atomic E-state index is 0.141. The number of nitrogens with zero attached hydrogens (tertiary/aromatic N) is 3. The van der Waals surface area contributed by atoms with Gasteiger partial charge in [-0.15, -0.1) is 11.3 Å². The van der Waals surface area contributed by atoms with Gasteiger partial charge >= 0.3 is 0 Å². The minimum atomic E-state index is 0.141. The van der Waals surface area contributed by atoms with E-state index in [1.807, 2.05) is 4.57 Å². The monoisotopic (exact) mass is 417 g/mol. The molecule has 30 heavy (non-hydrogen) atoms. The summed E-state index contributed by atoms with van der Waals surface area (Å²) in [5, 5.41) is 5.31. The third-order valence-electron chi connectivity index (χ3n) is 6.30. The number of benzene rings is 2. The van der Waals surface area contributed by atoms with Crippen molar-refractivity contribution >= 4 is 32.3 Å². The highest BCUT2D eigenvalue weighted by Crippen LogP contribution is 2.34. The van der Waals surface area contributed by atoms with Gasteiger partial charge in [0.15, 0.2) is 0 Å². The maximum absolute atomic E-state index is 13.8. The van der Waals surface area contributed by atoms with E-state index in [-0.39, 0.29) is 11.6 Å². The van der Waals surface area contributed by atoms with Gasteiger partial charge in [0.25, 0.3) is 5.56 Å². The van der Waals surface area contributed by atoms with E-state index in [0.717, 1.165) is 65.9 Å². The van der Waals surface area contributed by atoms with E-state index in [1.54, 1.807) is 11.3 Å². The SMILES string of the molecule is CCCc1nc2scc(-c3ccc4ccccc4c3)c2c(=O)n1C1CCN(C)CC1. The smallest absolute Gasteiger partial charge is 0.263 e. The number of thiophene rings is 1. The van der Waals surface area contributed by atoms with Crippen LogP contribution in [0.5, 0.6) is 0 Å². The van der Waals surface area contributed by atoms with Gasteiger partial charge in [-0.2, -0.15) is 0 Å². The van der Waals surface area contributed by atoms with Crippen LogP contribution in [0.25, 0.3) is 32.1 Å². The molecule has 0 spiro atoms. The summed E-state index contributed by atoms with van der Waals surface area (Å²) in [6.07, 6.45) is 3.86. The zero-order valence-corrected chi connectivity index (χ0v) is 18.4. The Labute approximate surface area is 180 Å². The lowest BCUT2D eigenvalue weighted by Gasteiger charge is -2.31. The molecule has 154 valence electrons. The molecule has 0 radical (unpaired) electrons. The Kier molecular flexibility index (Phi) is 5.17. The topological polar surface area (TPSA) is 38.1 Å². The summed E-state index contributed by atoms with van der Waals surface area (Å²) in [4.78, 5) is 22.1. The normalized spacial score (nSPS) is 15.9. The lowest BCUT2D eigenvalue weighted by Crippen LogP contribution is -2.37. The Morgan fingerprint density at radius 2 is 1.87 bits per heavy atom. The van der Waals surface area contributed by atoms with Crippen molar-refractivity contribution in [2.45, 2.75) is 38.6 Å². The van der Waals surface area contributed by atoms with Gasteiger partial charge in [0, 0.05) is 23.4 Å². The van der Waals surface area contributed by atoms with Crippen LogP contribution in [0.4, 0.5) is 0 Å². The first kappa shape index (κ1) is 19.5. The lowest BCUT2D eigenvalue weighted by molar-refractivity contribution is 0.215. The van der Waals surface area contributed by atoms with Gasteiger partial charge in [-0.1, -0.05) is 43.3 Å². The summed E-state index contributed by atoms with van der Waals surface area (Å²) in [7, 11) is 2.16. The van der Waals surface area contributed by atoms with Crippen molar-refractivity contribution in [1.82, 2.24) is 14.5 Å². The Balaban J connectivity index is 1.69. The summed E-state index contributed by atoms with van der Waals surface area (Å²) < 4.78 is 2.04. The molecule has 0 amide bonds. The number of fused-ring (bicyclic) bond motifs is 2. The molecule has 0 unspecified atom stereocenters. The highest BCUT2D eigenvalue weighted by atomic mass is 32.1. The number of hydrogen-bond acceptors (Lipinski definition) is 4. The van der Waals surface area contributed by atoms with Crippen LogP contribution in [0.2, 0.25) is 0 Å². The number of piperidine rings is 1. The Bertz CT molecular complexity index is 1260. The van der Waals surface area contributed by atoms with Crippen LogP contribution < -0.4 is 5.56 Å². The van der Waals surface area contributed by atoms with Crippen LogP contribution in [0, 0.1) is 0 Å². The van der Waals surface area contributed by atoms with Gasteiger partial charge in [0.1, 0.15) is 10.7 Å². The number of aryl methyl sites for hydroxylation is 1. The van der Waals surface area contributed by atoms with Gasteiger partial charge in [-0.05, 0) is 61.8 Å². The first-order valence-electron chi connectivity index (χ1n) is 10.9. The standard InChI is InChI=1S/C25H27N3OS/c1-3-6-22-26-24-23(25(29)28(22)20-11-13-27(2)14-12-20)21(16-30-24)19-10-9-17-7-4-5-8-18(17)15-19/h4-5,7-10,15-16,20H,3,6,11-14H2,1-2H3. The molecular weight excluding hydrogens is 390 g/mol. The summed E-state index contributed by atoms with van der Waals surface area (Å²) in [5.74, 6) is 0.955. The predicted octanol–water partition coefficient (Wildman–Crippen LogP) is 5.50. The fourth-order valence-electron chi connectivity index (χ4n) is 4.64. The third kappa shape index (κ3) is 3.36. The average Bonchev–Trinajstić information content (AvgIpc) is 3.19. The Morgan fingerprint density at radius 3 is 2.63 bits per heavy atom. The van der Waals surface area contributed by atoms with E-state index in [4.69, 9.17) is 4.98 Å². The molecule has 1 fully saturated rings. The van der Waals surface area contributed by atoms with Crippen LogP contribution in [0.3, 0.4) is 0 Å². The molecule has 5 heteroatoms. The molecule has 2 aromatic carbocycles. The molecule has 2 aromatic heterocycles. The Hall–Kier alpha value is -2.50. The van der Waals surface area contributed by atoms with Crippen LogP contribution >= 0.6 is 11.3 Å². The molecule has 3 heterocycles. The second-order valence-electron chi connectivity index (χ2n) is 8.38. The molecule has 5 rings (SSSR count). The average molecular weight is 418 g/mol. The highest BCUT2D eigenvalue weighted by molar-refractivity contribution is 7.17. The van der Waals surface area contributed by atoms with E-state index < -0.39 is 0 Å². The van der Waals surface area contributed by atoms with Crippen molar-refractivity contribution < 1.29 is 0 Å². The summed E-state index contributed by atoms with van der Waals surface area (Å²) >= 11 is 1.59. The summed E-state index contributed by atoms with van der Waals surface area (Å²) in [6.45, 7) is 4.22. The van der Waals surface area contributed by atoms with Gasteiger partial charge in [-0.25, -0.2) is 4.98 Å². The highest BCUT2D eigenvalue weighted by Gasteiger charge is 2.24. The van der Waals surface area contributed by atoms with E-state index in [9.17, 15) is 4.79 Å². The number of hydrogen-bond donors (Lipinski definition) is 0. The van der Waals surface area contributed by atoms with Gasteiger partial charge in [0.05, 0.1) is 5.39 Å². The maximum atomic E-state index is 13.8. The minimum Gasteiger partial charge on any atom is -0.306 e. The number of aromatic nitrogens is 2. The molecule has 4 aromatic rings. The van der Waals surface area contributed by atoms with E-state index in [1.165, 1.54) is 10.8 Å². The molecule has 0 N–H and O–H groups in total. The van der Waals surface area contributed by atoms with E-state index >= 15 is 0 Å². The first-order valence-corrected chi connectivity index (χ1v) is 11.7. The lowest BCUT2D eigenvalue weighted by atomic mass is 10.0. The van der Waals surface area contributed by atoms with Crippen LogP contribution in [0.15, 0.2) is 52.6 Å². The molecular formula is C25H27N3OS. The third-order valence-corrected chi connectivity index (χ3v) is 7.17. The fraction of sp³-hybridized carbons (Fsp3) is 0.360. The second kappa shape index (κ2) is 7.97. The maximum Gasteiger partial charge on any atom is 0.263 e. The molecule has 0 bridgehead atoms. The summed E-state index contributed by atoms with van der Waals surface area (Å²) in [6, 6.07) is 15.1.